The van der Waals surface area contributed by atoms with Crippen LogP contribution in [-0.4, -0.2) is 63.7 Å². The highest BCUT2D eigenvalue weighted by Crippen LogP contribution is 2.36. The van der Waals surface area contributed by atoms with Crippen LogP contribution in [0.15, 0.2) is 12.4 Å². The summed E-state index contributed by atoms with van der Waals surface area (Å²) in [5.41, 5.74) is -0.288. The second-order valence-electron chi connectivity index (χ2n) is 6.69. The predicted octanol–water partition coefficient (Wildman–Crippen LogP) is -0.518. The number of aliphatic hydroxyl groups is 2. The summed E-state index contributed by atoms with van der Waals surface area (Å²) in [6, 6.07) is 0. The van der Waals surface area contributed by atoms with Crippen LogP contribution in [0.25, 0.3) is 0 Å². The lowest BCUT2D eigenvalue weighted by atomic mass is 9.81. The number of anilines is 1. The van der Waals surface area contributed by atoms with Crippen LogP contribution in [0.2, 0.25) is 0 Å². The van der Waals surface area contributed by atoms with Gasteiger partial charge in [-0.25, -0.2) is 9.97 Å². The van der Waals surface area contributed by atoms with Crippen molar-refractivity contribution in [3.05, 3.63) is 12.4 Å². The molecule has 0 bridgehead atoms. The average molecular weight is 337 g/mol. The number of hydrogen-bond acceptors (Lipinski definition) is 7. The van der Waals surface area contributed by atoms with Crippen LogP contribution in [0.4, 0.5) is 5.95 Å². The molecule has 132 valence electrons. The molecule has 8 nitrogen and oxygen atoms in total. The molecule has 1 amide bonds. The summed E-state index contributed by atoms with van der Waals surface area (Å²) < 4.78 is 11.8. The molecule has 2 rings (SSSR count). The van der Waals surface area contributed by atoms with Crippen molar-refractivity contribution in [2.45, 2.75) is 51.9 Å². The molecule has 0 spiro atoms. The van der Waals surface area contributed by atoms with Crippen molar-refractivity contribution in [3.63, 3.8) is 0 Å². The Bertz CT molecular complexity index is 577. The zero-order valence-corrected chi connectivity index (χ0v) is 14.7. The Morgan fingerprint density at radius 1 is 1.25 bits per heavy atom. The largest absolute Gasteiger partial charge is 0.498 e. The molecule has 0 saturated carbocycles. The van der Waals surface area contributed by atoms with Crippen LogP contribution in [0.1, 0.15) is 34.6 Å². The summed E-state index contributed by atoms with van der Waals surface area (Å²) >= 11 is 0. The predicted molar refractivity (Wildman–Crippen MR) is 88.9 cm³/mol. The summed E-state index contributed by atoms with van der Waals surface area (Å²) in [7, 11) is -0.585. The van der Waals surface area contributed by atoms with E-state index in [0.717, 1.165) is 0 Å². The average Bonchev–Trinajstić information content (AvgIpc) is 2.76. The third-order valence-corrected chi connectivity index (χ3v) is 4.47. The molecule has 1 aliphatic heterocycles. The highest BCUT2D eigenvalue weighted by molar-refractivity contribution is 6.61. The van der Waals surface area contributed by atoms with E-state index >= 15 is 0 Å². The number of likely N-dealkylation sites (N-methyl/N-ethyl adjacent to an activating group) is 1. The number of carbonyl (C=O) groups is 1. The van der Waals surface area contributed by atoms with Gasteiger partial charge in [-0.05, 0) is 34.6 Å². The van der Waals surface area contributed by atoms with E-state index in [1.54, 1.807) is 6.92 Å². The molecule has 1 aromatic heterocycles. The zero-order chi connectivity index (χ0) is 18.1. The summed E-state index contributed by atoms with van der Waals surface area (Å²) in [6.45, 7) is 9.17. The molecule has 1 aromatic rings. The lowest BCUT2D eigenvalue weighted by Gasteiger charge is -2.32. The summed E-state index contributed by atoms with van der Waals surface area (Å²) in [4.78, 5) is 21.5. The van der Waals surface area contributed by atoms with Crippen LogP contribution in [-0.2, 0) is 14.1 Å². The van der Waals surface area contributed by atoms with Gasteiger partial charge in [0.15, 0.2) is 6.10 Å². The number of rotatable bonds is 5. The van der Waals surface area contributed by atoms with Crippen molar-refractivity contribution in [3.8, 4) is 0 Å². The Morgan fingerprint density at radius 2 is 1.75 bits per heavy atom. The highest BCUT2D eigenvalue weighted by Gasteiger charge is 2.52. The number of aliphatic hydroxyl groups excluding tert-OH is 2. The highest BCUT2D eigenvalue weighted by atomic mass is 16.7. The Hall–Kier alpha value is -1.55. The second kappa shape index (κ2) is 6.75. The van der Waals surface area contributed by atoms with E-state index in [1.165, 1.54) is 17.3 Å². The Morgan fingerprint density at radius 3 is 2.17 bits per heavy atom. The van der Waals surface area contributed by atoms with Crippen molar-refractivity contribution in [1.29, 1.82) is 0 Å². The van der Waals surface area contributed by atoms with Gasteiger partial charge in [-0.2, -0.15) is 0 Å². The summed E-state index contributed by atoms with van der Waals surface area (Å²) in [6.07, 6.45) is 1.58. The van der Waals surface area contributed by atoms with Crippen molar-refractivity contribution in [2.24, 2.45) is 0 Å². The fourth-order valence-corrected chi connectivity index (χ4v) is 2.23. The van der Waals surface area contributed by atoms with E-state index in [2.05, 4.69) is 9.97 Å². The van der Waals surface area contributed by atoms with Crippen molar-refractivity contribution in [1.82, 2.24) is 9.97 Å². The van der Waals surface area contributed by atoms with Crippen LogP contribution in [0, 0.1) is 0 Å². The molecule has 1 fully saturated rings. The molecule has 0 unspecified atom stereocenters. The minimum absolute atomic E-state index is 0.148. The maximum absolute atomic E-state index is 12.0. The third-order valence-electron chi connectivity index (χ3n) is 4.47. The van der Waals surface area contributed by atoms with Crippen molar-refractivity contribution in [2.75, 3.05) is 18.1 Å². The SMILES string of the molecule is CCN(C(=O)[C@H](O)CO)c1ncc(B2OC(C)(C)C(C)(C)O2)cn1. The summed E-state index contributed by atoms with van der Waals surface area (Å²) in [5, 5.41) is 18.4. The van der Waals surface area contributed by atoms with E-state index in [1.807, 2.05) is 27.7 Å². The van der Waals surface area contributed by atoms with Gasteiger partial charge in [-0.15, -0.1) is 0 Å². The fourth-order valence-electron chi connectivity index (χ4n) is 2.23. The van der Waals surface area contributed by atoms with Crippen LogP contribution in [0.5, 0.6) is 0 Å². The lowest BCUT2D eigenvalue weighted by molar-refractivity contribution is -0.128. The lowest BCUT2D eigenvalue weighted by Crippen LogP contribution is -2.42. The molecule has 2 N–H and O–H groups in total. The monoisotopic (exact) mass is 337 g/mol. The van der Waals surface area contributed by atoms with Crippen molar-refractivity contribution < 1.29 is 24.3 Å². The molecule has 2 heterocycles. The normalized spacial score (nSPS) is 20.0. The van der Waals surface area contributed by atoms with Crippen LogP contribution in [0.3, 0.4) is 0 Å². The van der Waals surface area contributed by atoms with Gasteiger partial charge in [-0.1, -0.05) is 0 Å². The van der Waals surface area contributed by atoms with Gasteiger partial charge in [0, 0.05) is 24.4 Å². The van der Waals surface area contributed by atoms with E-state index < -0.39 is 36.9 Å². The van der Waals surface area contributed by atoms with E-state index in [4.69, 9.17) is 14.4 Å². The van der Waals surface area contributed by atoms with Gasteiger partial charge in [-0.3, -0.25) is 9.69 Å². The van der Waals surface area contributed by atoms with Gasteiger partial charge in [0.25, 0.3) is 5.91 Å². The number of aromatic nitrogens is 2. The molecule has 1 saturated heterocycles. The summed E-state index contributed by atoms with van der Waals surface area (Å²) in [5.74, 6) is -0.501. The van der Waals surface area contributed by atoms with E-state index in [-0.39, 0.29) is 12.5 Å². The van der Waals surface area contributed by atoms with Crippen LogP contribution < -0.4 is 10.4 Å². The molecule has 1 atom stereocenters. The number of carbonyl (C=O) groups excluding carboxylic acids is 1. The molecule has 24 heavy (non-hydrogen) atoms. The van der Waals surface area contributed by atoms with Crippen LogP contribution >= 0.6 is 0 Å². The minimum atomic E-state index is -1.49. The first-order valence-electron chi connectivity index (χ1n) is 7.91. The first-order chi connectivity index (χ1) is 11.1. The number of nitrogens with zero attached hydrogens (tertiary/aromatic N) is 3. The molecular weight excluding hydrogens is 313 g/mol. The van der Waals surface area contributed by atoms with Crippen molar-refractivity contribution >= 4 is 24.4 Å². The fraction of sp³-hybridized carbons (Fsp3) is 0.667. The van der Waals surface area contributed by atoms with Gasteiger partial charge in [0.05, 0.1) is 17.8 Å². The number of hydrogen-bond donors (Lipinski definition) is 2. The zero-order valence-electron chi connectivity index (χ0n) is 14.7. The standard InChI is InChI=1S/C15H24BN3O5/c1-6-19(12(22)11(21)9-20)13-17-7-10(8-18-13)16-23-14(2,3)15(4,5)24-16/h7-8,11,20-21H,6,9H2,1-5H3/t11-/m1/s1. The molecule has 0 aliphatic carbocycles. The molecule has 9 heteroatoms. The maximum Gasteiger partial charge on any atom is 0.498 e. The Kier molecular flexibility index (Phi) is 5.29. The first-order valence-corrected chi connectivity index (χ1v) is 7.91. The van der Waals surface area contributed by atoms with Gasteiger partial charge < -0.3 is 19.5 Å². The third kappa shape index (κ3) is 3.44. The Labute approximate surface area is 142 Å². The second-order valence-corrected chi connectivity index (χ2v) is 6.69. The van der Waals surface area contributed by atoms with Gasteiger partial charge in [0.2, 0.25) is 5.95 Å². The van der Waals surface area contributed by atoms with E-state index in [9.17, 15) is 9.90 Å². The first kappa shape index (κ1) is 18.8. The molecule has 0 aromatic carbocycles. The molecule has 0 radical (unpaired) electrons. The van der Waals surface area contributed by atoms with Gasteiger partial charge in [0.1, 0.15) is 0 Å². The molecular formula is C15H24BN3O5. The van der Waals surface area contributed by atoms with Gasteiger partial charge >= 0.3 is 7.12 Å². The quantitative estimate of drug-likeness (QED) is 0.697. The Balaban J connectivity index is 2.18. The number of amides is 1. The van der Waals surface area contributed by atoms with E-state index in [0.29, 0.717) is 5.46 Å². The maximum atomic E-state index is 12.0. The smallest absolute Gasteiger partial charge is 0.399 e. The minimum Gasteiger partial charge on any atom is -0.399 e. The molecule has 1 aliphatic rings. The topological polar surface area (TPSA) is 105 Å².